The predicted molar refractivity (Wildman–Crippen MR) is 64.9 cm³/mol. The van der Waals surface area contributed by atoms with Crippen LogP contribution in [0.4, 0.5) is 0 Å². The highest BCUT2D eigenvalue weighted by atomic mass is 127. The molecule has 0 unspecified atom stereocenters. The summed E-state index contributed by atoms with van der Waals surface area (Å²) in [6, 6.07) is 0. The van der Waals surface area contributed by atoms with Crippen molar-refractivity contribution in [2.75, 3.05) is 9.76 Å². The van der Waals surface area contributed by atoms with Crippen molar-refractivity contribution in [3.8, 4) is 0 Å². The Morgan fingerprint density at radius 3 is 2.36 bits per heavy atom. The van der Waals surface area contributed by atoms with E-state index in [0.717, 1.165) is 5.33 Å². The van der Waals surface area contributed by atoms with E-state index in [1.165, 1.54) is 36.5 Å². The summed E-state index contributed by atoms with van der Waals surface area (Å²) in [6.45, 7) is 0. The molecule has 0 aliphatic rings. The van der Waals surface area contributed by atoms with Gasteiger partial charge in [-0.3, -0.25) is 0 Å². The van der Waals surface area contributed by atoms with Crippen molar-refractivity contribution in [1.29, 1.82) is 0 Å². The van der Waals surface area contributed by atoms with Crippen LogP contribution in [0.3, 0.4) is 0 Å². The second-order valence-corrected chi connectivity index (χ2v) is 4.24. The molecule has 0 aliphatic carbocycles. The third-order valence-corrected chi connectivity index (χ3v) is 2.65. The lowest BCUT2D eigenvalue weighted by Gasteiger charge is -1.94. The summed E-state index contributed by atoms with van der Waals surface area (Å²) in [5.41, 5.74) is 0. The number of allylic oxidation sites excluding steroid dienone is 2. The van der Waals surface area contributed by atoms with Crippen LogP contribution in [-0.4, -0.2) is 9.76 Å². The maximum Gasteiger partial charge on any atom is 0.0212 e. The Morgan fingerprint density at radius 2 is 1.73 bits per heavy atom. The average molecular weight is 331 g/mol. The topological polar surface area (TPSA) is 0 Å². The molecule has 0 amide bonds. The number of halogens is 2. The second kappa shape index (κ2) is 11.0. The fraction of sp³-hybridized carbons (Fsp3) is 0.778. The number of unbranched alkanes of at least 4 members (excludes halogenated alkanes) is 4. The van der Waals surface area contributed by atoms with Gasteiger partial charge in [0.05, 0.1) is 0 Å². The Labute approximate surface area is 92.1 Å². The van der Waals surface area contributed by atoms with Crippen molar-refractivity contribution in [3.05, 3.63) is 12.2 Å². The van der Waals surface area contributed by atoms with Crippen molar-refractivity contribution in [1.82, 2.24) is 0 Å². The predicted octanol–water partition coefficient (Wildman–Crippen LogP) is 4.32. The quantitative estimate of drug-likeness (QED) is 0.282. The zero-order valence-corrected chi connectivity index (χ0v) is 10.6. The first-order chi connectivity index (χ1) is 5.41. The Bertz CT molecular complexity index is 91.6. The van der Waals surface area contributed by atoms with Gasteiger partial charge in [0, 0.05) is 5.33 Å². The molecule has 0 spiro atoms. The molecule has 0 radical (unpaired) electrons. The molecule has 0 saturated heterocycles. The molecule has 0 atom stereocenters. The van der Waals surface area contributed by atoms with Gasteiger partial charge < -0.3 is 0 Å². The maximum absolute atomic E-state index is 3.36. The summed E-state index contributed by atoms with van der Waals surface area (Å²) >= 11 is 5.80. The first-order valence-corrected chi connectivity index (χ1v) is 6.83. The summed E-state index contributed by atoms with van der Waals surface area (Å²) < 4.78 is 1.31. The van der Waals surface area contributed by atoms with Gasteiger partial charge in [-0.1, -0.05) is 63.5 Å². The standard InChI is InChI=1S/C9H16BrI/c10-8-6-4-2-1-3-5-7-9-11/h4,6H,1-3,5,7-9H2. The summed E-state index contributed by atoms with van der Waals surface area (Å²) in [5, 5.41) is 1.00. The normalized spacial score (nSPS) is 11.1. The van der Waals surface area contributed by atoms with Gasteiger partial charge in [0.15, 0.2) is 0 Å². The number of hydrogen-bond donors (Lipinski definition) is 0. The monoisotopic (exact) mass is 330 g/mol. The van der Waals surface area contributed by atoms with Gasteiger partial charge in [0.1, 0.15) is 0 Å². The van der Waals surface area contributed by atoms with Crippen LogP contribution in [0.1, 0.15) is 32.1 Å². The fourth-order valence-corrected chi connectivity index (χ4v) is 1.69. The van der Waals surface area contributed by atoms with Gasteiger partial charge in [0.2, 0.25) is 0 Å². The van der Waals surface area contributed by atoms with E-state index in [9.17, 15) is 0 Å². The highest BCUT2D eigenvalue weighted by Gasteiger charge is 1.85. The lowest BCUT2D eigenvalue weighted by molar-refractivity contribution is 0.681. The van der Waals surface area contributed by atoms with Crippen LogP contribution < -0.4 is 0 Å². The van der Waals surface area contributed by atoms with Gasteiger partial charge in [0.25, 0.3) is 0 Å². The molecule has 11 heavy (non-hydrogen) atoms. The number of hydrogen-bond acceptors (Lipinski definition) is 0. The minimum absolute atomic E-state index is 1.00. The summed E-state index contributed by atoms with van der Waals surface area (Å²) in [5.74, 6) is 0. The second-order valence-electron chi connectivity index (χ2n) is 2.52. The number of rotatable bonds is 7. The van der Waals surface area contributed by atoms with E-state index in [1.807, 2.05) is 0 Å². The highest BCUT2D eigenvalue weighted by Crippen LogP contribution is 2.05. The van der Waals surface area contributed by atoms with Crippen molar-refractivity contribution >= 4 is 38.5 Å². The Hall–Kier alpha value is 0.950. The third kappa shape index (κ3) is 10.9. The minimum atomic E-state index is 1.00. The van der Waals surface area contributed by atoms with Crippen LogP contribution in [0.25, 0.3) is 0 Å². The van der Waals surface area contributed by atoms with Crippen molar-refractivity contribution in [3.63, 3.8) is 0 Å². The molecule has 0 rings (SSSR count). The molecule has 2 heteroatoms. The molecule has 0 saturated carbocycles. The molecular formula is C9H16BrI. The van der Waals surface area contributed by atoms with Crippen LogP contribution >= 0.6 is 38.5 Å². The molecule has 0 aliphatic heterocycles. The number of alkyl halides is 2. The third-order valence-electron chi connectivity index (χ3n) is 1.51. The summed E-state index contributed by atoms with van der Waals surface area (Å²) in [7, 11) is 0. The first kappa shape index (κ1) is 11.9. The fourth-order valence-electron chi connectivity index (χ4n) is 0.891. The van der Waals surface area contributed by atoms with Gasteiger partial charge in [-0.25, -0.2) is 0 Å². The Balaban J connectivity index is 2.85. The molecule has 0 fully saturated rings. The van der Waals surface area contributed by atoms with E-state index < -0.39 is 0 Å². The van der Waals surface area contributed by atoms with Gasteiger partial charge >= 0.3 is 0 Å². The SMILES string of the molecule is BrCC=CCCCCCCI. The molecule has 0 bridgehead atoms. The molecule has 0 aromatic rings. The van der Waals surface area contributed by atoms with Crippen LogP contribution in [0.2, 0.25) is 0 Å². The lowest BCUT2D eigenvalue weighted by Crippen LogP contribution is -1.77. The molecule has 0 N–H and O–H groups in total. The van der Waals surface area contributed by atoms with E-state index in [-0.39, 0.29) is 0 Å². The largest absolute Gasteiger partial charge is 0.0883 e. The van der Waals surface area contributed by atoms with Crippen molar-refractivity contribution in [2.24, 2.45) is 0 Å². The zero-order valence-electron chi connectivity index (χ0n) is 6.86. The molecular weight excluding hydrogens is 315 g/mol. The first-order valence-electron chi connectivity index (χ1n) is 4.18. The van der Waals surface area contributed by atoms with Gasteiger partial charge in [-0.2, -0.15) is 0 Å². The Kier molecular flexibility index (Phi) is 11.9. The van der Waals surface area contributed by atoms with Crippen LogP contribution in [0.15, 0.2) is 12.2 Å². The maximum atomic E-state index is 3.36. The van der Waals surface area contributed by atoms with Crippen LogP contribution in [-0.2, 0) is 0 Å². The van der Waals surface area contributed by atoms with Crippen LogP contribution in [0.5, 0.6) is 0 Å². The zero-order chi connectivity index (χ0) is 8.36. The Morgan fingerprint density at radius 1 is 1.00 bits per heavy atom. The van der Waals surface area contributed by atoms with Gasteiger partial charge in [-0.05, 0) is 23.7 Å². The minimum Gasteiger partial charge on any atom is -0.0883 e. The van der Waals surface area contributed by atoms with Crippen molar-refractivity contribution < 1.29 is 0 Å². The molecule has 0 heterocycles. The molecule has 0 aromatic heterocycles. The van der Waals surface area contributed by atoms with Crippen molar-refractivity contribution in [2.45, 2.75) is 32.1 Å². The van der Waals surface area contributed by atoms with E-state index in [1.54, 1.807) is 0 Å². The molecule has 66 valence electrons. The summed E-state index contributed by atoms with van der Waals surface area (Å²) in [6.07, 6.45) is 11.3. The molecule has 0 nitrogen and oxygen atoms in total. The van der Waals surface area contributed by atoms with E-state index in [0.29, 0.717) is 0 Å². The highest BCUT2D eigenvalue weighted by molar-refractivity contribution is 14.1. The van der Waals surface area contributed by atoms with E-state index in [4.69, 9.17) is 0 Å². The van der Waals surface area contributed by atoms with E-state index >= 15 is 0 Å². The van der Waals surface area contributed by atoms with E-state index in [2.05, 4.69) is 50.7 Å². The molecule has 0 aromatic carbocycles. The summed E-state index contributed by atoms with van der Waals surface area (Å²) in [4.78, 5) is 0. The van der Waals surface area contributed by atoms with Crippen LogP contribution in [0, 0.1) is 0 Å². The lowest BCUT2D eigenvalue weighted by atomic mass is 10.1. The average Bonchev–Trinajstić information content (AvgIpc) is 2.03. The smallest absolute Gasteiger partial charge is 0.0212 e. The van der Waals surface area contributed by atoms with Gasteiger partial charge in [-0.15, -0.1) is 0 Å².